The van der Waals surface area contributed by atoms with Crippen molar-refractivity contribution in [3.05, 3.63) is 0 Å². The van der Waals surface area contributed by atoms with Crippen molar-refractivity contribution in [1.82, 2.24) is 4.90 Å². The van der Waals surface area contributed by atoms with E-state index < -0.39 is 0 Å². The maximum atomic E-state index is 5.47. The first-order valence-electron chi connectivity index (χ1n) is 4.62. The average molecular weight is 173 g/mol. The third-order valence-corrected chi connectivity index (χ3v) is 2.27. The van der Waals surface area contributed by atoms with E-state index in [2.05, 4.69) is 18.7 Å². The van der Waals surface area contributed by atoms with Crippen LogP contribution >= 0.6 is 0 Å². The molecule has 0 saturated carbocycles. The zero-order chi connectivity index (χ0) is 8.97. The summed E-state index contributed by atoms with van der Waals surface area (Å²) in [6, 6.07) is 0.587. The Hall–Kier alpha value is -0.120. The van der Waals surface area contributed by atoms with Crippen molar-refractivity contribution in [1.29, 1.82) is 0 Å². The number of rotatable bonds is 2. The van der Waals surface area contributed by atoms with Gasteiger partial charge in [-0.2, -0.15) is 0 Å². The maximum Gasteiger partial charge on any atom is 0.169 e. The molecular formula is C9H19NO2. The van der Waals surface area contributed by atoms with Gasteiger partial charge in [-0.25, -0.2) is 0 Å². The third-order valence-electron chi connectivity index (χ3n) is 2.27. The van der Waals surface area contributed by atoms with Crippen LogP contribution in [0, 0.1) is 0 Å². The molecule has 0 aromatic carbocycles. The van der Waals surface area contributed by atoms with Gasteiger partial charge in [0.25, 0.3) is 0 Å². The topological polar surface area (TPSA) is 21.7 Å². The zero-order valence-corrected chi connectivity index (χ0v) is 8.25. The van der Waals surface area contributed by atoms with Crippen molar-refractivity contribution in [2.45, 2.75) is 32.6 Å². The quantitative estimate of drug-likeness (QED) is 0.624. The number of nitrogens with zero attached hydrogens (tertiary/aromatic N) is 1. The summed E-state index contributed by atoms with van der Waals surface area (Å²) >= 11 is 0. The molecule has 1 aliphatic rings. The van der Waals surface area contributed by atoms with E-state index in [1.807, 2.05) is 0 Å². The van der Waals surface area contributed by atoms with Gasteiger partial charge in [-0.15, -0.1) is 0 Å². The molecule has 0 radical (unpaired) electrons. The monoisotopic (exact) mass is 173 g/mol. The Bertz CT molecular complexity index is 128. The smallest absolute Gasteiger partial charge is 0.169 e. The van der Waals surface area contributed by atoms with Gasteiger partial charge < -0.3 is 9.47 Å². The van der Waals surface area contributed by atoms with E-state index >= 15 is 0 Å². The summed E-state index contributed by atoms with van der Waals surface area (Å²) in [5, 5.41) is 0. The minimum Gasteiger partial charge on any atom is -0.355 e. The number of hydrogen-bond donors (Lipinski definition) is 0. The van der Waals surface area contributed by atoms with E-state index in [-0.39, 0.29) is 6.29 Å². The first kappa shape index (κ1) is 9.96. The summed E-state index contributed by atoms with van der Waals surface area (Å²) in [6.45, 7) is 7.25. The van der Waals surface area contributed by atoms with E-state index in [4.69, 9.17) is 9.47 Å². The second kappa shape index (κ2) is 4.80. The van der Waals surface area contributed by atoms with E-state index in [1.54, 1.807) is 7.11 Å². The van der Waals surface area contributed by atoms with Crippen molar-refractivity contribution in [2.75, 3.05) is 26.8 Å². The first-order chi connectivity index (χ1) is 5.74. The van der Waals surface area contributed by atoms with Gasteiger partial charge in [0.2, 0.25) is 0 Å². The van der Waals surface area contributed by atoms with Gasteiger partial charge in [0.1, 0.15) is 0 Å². The molecule has 1 rings (SSSR count). The molecule has 0 bridgehead atoms. The Balaban J connectivity index is 2.42. The SMILES string of the molecule is CO[C@@H]1CN(C(C)C)CCCO1. The fourth-order valence-corrected chi connectivity index (χ4v) is 1.43. The lowest BCUT2D eigenvalue weighted by Gasteiger charge is -2.26. The molecule has 3 heteroatoms. The van der Waals surface area contributed by atoms with Gasteiger partial charge in [-0.1, -0.05) is 0 Å². The number of methoxy groups -OCH3 is 1. The molecule has 0 aliphatic carbocycles. The molecule has 3 nitrogen and oxygen atoms in total. The highest BCUT2D eigenvalue weighted by atomic mass is 16.7. The predicted octanol–water partition coefficient (Wildman–Crippen LogP) is 1.09. The highest BCUT2D eigenvalue weighted by Crippen LogP contribution is 2.09. The standard InChI is InChI=1S/C9H19NO2/c1-8(2)10-5-4-6-12-9(7-10)11-3/h8-9H,4-7H2,1-3H3/t9-/m0/s1. The fourth-order valence-electron chi connectivity index (χ4n) is 1.43. The summed E-state index contributed by atoms with van der Waals surface area (Å²) in [6.07, 6.45) is 1.08. The highest BCUT2D eigenvalue weighted by molar-refractivity contribution is 4.67. The van der Waals surface area contributed by atoms with Crippen LogP contribution in [0.4, 0.5) is 0 Å². The van der Waals surface area contributed by atoms with Gasteiger partial charge in [0.15, 0.2) is 6.29 Å². The lowest BCUT2D eigenvalue weighted by molar-refractivity contribution is -0.124. The van der Waals surface area contributed by atoms with Crippen LogP contribution in [0.1, 0.15) is 20.3 Å². The van der Waals surface area contributed by atoms with E-state index in [9.17, 15) is 0 Å². The van der Waals surface area contributed by atoms with Crippen molar-refractivity contribution in [3.63, 3.8) is 0 Å². The molecule has 1 saturated heterocycles. The third kappa shape index (κ3) is 2.73. The summed E-state index contributed by atoms with van der Waals surface area (Å²) in [7, 11) is 1.70. The van der Waals surface area contributed by atoms with Crippen molar-refractivity contribution >= 4 is 0 Å². The Morgan fingerprint density at radius 2 is 2.25 bits per heavy atom. The van der Waals surface area contributed by atoms with Crippen molar-refractivity contribution in [3.8, 4) is 0 Å². The Kier molecular flexibility index (Phi) is 3.98. The lowest BCUT2D eigenvalue weighted by Crippen LogP contribution is -2.37. The van der Waals surface area contributed by atoms with Gasteiger partial charge >= 0.3 is 0 Å². The molecule has 12 heavy (non-hydrogen) atoms. The van der Waals surface area contributed by atoms with Crippen LogP contribution in [-0.4, -0.2) is 44.0 Å². The summed E-state index contributed by atoms with van der Waals surface area (Å²) in [5.74, 6) is 0. The molecule has 0 amide bonds. The fraction of sp³-hybridized carbons (Fsp3) is 1.00. The van der Waals surface area contributed by atoms with Crippen LogP contribution in [0.15, 0.2) is 0 Å². The van der Waals surface area contributed by atoms with E-state index in [1.165, 1.54) is 0 Å². The minimum atomic E-state index is -0.0325. The van der Waals surface area contributed by atoms with Crippen LogP contribution in [0.5, 0.6) is 0 Å². The zero-order valence-electron chi connectivity index (χ0n) is 8.25. The van der Waals surface area contributed by atoms with Crippen molar-refractivity contribution in [2.24, 2.45) is 0 Å². The largest absolute Gasteiger partial charge is 0.355 e. The molecule has 0 aromatic heterocycles. The normalized spacial score (nSPS) is 27.5. The Morgan fingerprint density at radius 3 is 2.83 bits per heavy atom. The molecule has 1 atom stereocenters. The minimum absolute atomic E-state index is 0.0325. The van der Waals surface area contributed by atoms with Crippen LogP contribution in [0.2, 0.25) is 0 Å². The molecule has 0 unspecified atom stereocenters. The molecule has 1 heterocycles. The predicted molar refractivity (Wildman–Crippen MR) is 48.1 cm³/mol. The molecule has 1 fully saturated rings. The van der Waals surface area contributed by atoms with Crippen LogP contribution < -0.4 is 0 Å². The number of ether oxygens (including phenoxy) is 2. The second-order valence-electron chi connectivity index (χ2n) is 3.48. The van der Waals surface area contributed by atoms with E-state index in [0.29, 0.717) is 6.04 Å². The highest BCUT2D eigenvalue weighted by Gasteiger charge is 2.19. The second-order valence-corrected chi connectivity index (χ2v) is 3.48. The van der Waals surface area contributed by atoms with Gasteiger partial charge in [0.05, 0.1) is 6.61 Å². The molecule has 72 valence electrons. The van der Waals surface area contributed by atoms with Crippen LogP contribution in [0.25, 0.3) is 0 Å². The van der Waals surface area contributed by atoms with Gasteiger partial charge in [-0.3, -0.25) is 4.90 Å². The molecule has 1 aliphatic heterocycles. The van der Waals surface area contributed by atoms with Gasteiger partial charge in [0, 0.05) is 26.2 Å². The van der Waals surface area contributed by atoms with Crippen molar-refractivity contribution < 1.29 is 9.47 Å². The van der Waals surface area contributed by atoms with Crippen LogP contribution in [-0.2, 0) is 9.47 Å². The molecule has 0 N–H and O–H groups in total. The number of hydrogen-bond acceptors (Lipinski definition) is 3. The van der Waals surface area contributed by atoms with Gasteiger partial charge in [-0.05, 0) is 20.3 Å². The van der Waals surface area contributed by atoms with E-state index in [0.717, 1.165) is 26.1 Å². The Morgan fingerprint density at radius 1 is 1.50 bits per heavy atom. The molecular weight excluding hydrogens is 154 g/mol. The lowest BCUT2D eigenvalue weighted by atomic mass is 10.3. The summed E-state index contributed by atoms with van der Waals surface area (Å²) in [4.78, 5) is 2.39. The maximum absolute atomic E-state index is 5.47. The Labute approximate surface area is 74.6 Å². The molecule has 0 aromatic rings. The first-order valence-corrected chi connectivity index (χ1v) is 4.62. The van der Waals surface area contributed by atoms with Crippen LogP contribution in [0.3, 0.4) is 0 Å². The molecule has 0 spiro atoms. The summed E-state index contributed by atoms with van der Waals surface area (Å²) in [5.41, 5.74) is 0. The average Bonchev–Trinajstić information content (AvgIpc) is 2.28. The summed E-state index contributed by atoms with van der Waals surface area (Å²) < 4.78 is 10.7.